The Morgan fingerprint density at radius 1 is 1.21 bits per heavy atom. The zero-order valence-corrected chi connectivity index (χ0v) is 18.7. The zero-order chi connectivity index (χ0) is 22.7. The highest BCUT2D eigenvalue weighted by atomic mass is 16.5. The quantitative estimate of drug-likeness (QED) is 0.501. The Labute approximate surface area is 189 Å². The normalized spacial score (nSPS) is 17.1. The SMILES string of the molecule is Cc1cc2c(cc1C(=O)N1CCc3nn(C)cc3C1)[nH]c(=O)c1nnc(C3CCOCC3)n12. The van der Waals surface area contributed by atoms with Crippen LogP contribution in [0.25, 0.3) is 16.7 Å². The van der Waals surface area contributed by atoms with Crippen molar-refractivity contribution in [1.82, 2.24) is 34.3 Å². The fourth-order valence-corrected chi connectivity index (χ4v) is 5.08. The van der Waals surface area contributed by atoms with Crippen LogP contribution in [0.15, 0.2) is 23.1 Å². The summed E-state index contributed by atoms with van der Waals surface area (Å²) in [6.45, 7) is 4.44. The highest BCUT2D eigenvalue weighted by Gasteiger charge is 2.27. The molecule has 0 aliphatic carbocycles. The summed E-state index contributed by atoms with van der Waals surface area (Å²) in [6, 6.07) is 3.75. The number of hydrogen-bond acceptors (Lipinski definition) is 6. The topological polar surface area (TPSA) is 110 Å². The number of benzene rings is 1. The highest BCUT2D eigenvalue weighted by Crippen LogP contribution is 2.29. The molecule has 2 aliphatic heterocycles. The van der Waals surface area contributed by atoms with Crippen molar-refractivity contribution in [2.75, 3.05) is 19.8 Å². The number of aryl methyl sites for hydroxylation is 2. The molecule has 1 aromatic carbocycles. The van der Waals surface area contributed by atoms with E-state index in [9.17, 15) is 9.59 Å². The van der Waals surface area contributed by atoms with Crippen LogP contribution in [-0.2, 0) is 24.8 Å². The maximum absolute atomic E-state index is 13.5. The molecule has 0 spiro atoms. The van der Waals surface area contributed by atoms with Gasteiger partial charge in [-0.15, -0.1) is 10.2 Å². The van der Waals surface area contributed by atoms with E-state index in [1.807, 2.05) is 35.5 Å². The van der Waals surface area contributed by atoms with Gasteiger partial charge in [0.1, 0.15) is 5.82 Å². The number of nitrogens with one attached hydrogen (secondary N) is 1. The summed E-state index contributed by atoms with van der Waals surface area (Å²) in [5.41, 5.74) is 4.95. The Kier molecular flexibility index (Phi) is 4.58. The molecule has 0 radical (unpaired) electrons. The van der Waals surface area contributed by atoms with E-state index in [1.165, 1.54) is 0 Å². The molecule has 10 heteroatoms. The lowest BCUT2D eigenvalue weighted by Gasteiger charge is -2.27. The summed E-state index contributed by atoms with van der Waals surface area (Å²) in [7, 11) is 1.90. The van der Waals surface area contributed by atoms with Crippen LogP contribution in [0.4, 0.5) is 0 Å². The second-order valence-electron chi connectivity index (χ2n) is 8.99. The maximum atomic E-state index is 13.5. The molecule has 4 aromatic rings. The van der Waals surface area contributed by atoms with Gasteiger partial charge in [-0.05, 0) is 37.5 Å². The molecule has 1 fully saturated rings. The molecule has 33 heavy (non-hydrogen) atoms. The van der Waals surface area contributed by atoms with Crippen LogP contribution >= 0.6 is 0 Å². The molecule has 0 atom stereocenters. The molecule has 10 nitrogen and oxygen atoms in total. The van der Waals surface area contributed by atoms with Gasteiger partial charge in [0, 0.05) is 63.0 Å². The minimum absolute atomic E-state index is 0.0433. The van der Waals surface area contributed by atoms with Crippen LogP contribution in [0.2, 0.25) is 0 Å². The first-order chi connectivity index (χ1) is 16.0. The largest absolute Gasteiger partial charge is 0.381 e. The third-order valence-electron chi connectivity index (χ3n) is 6.80. The number of ether oxygens (including phenoxy) is 1. The summed E-state index contributed by atoms with van der Waals surface area (Å²) in [4.78, 5) is 31.0. The number of fused-ring (bicyclic) bond motifs is 4. The monoisotopic (exact) mass is 447 g/mol. The molecule has 1 N–H and O–H groups in total. The number of hydrogen-bond donors (Lipinski definition) is 1. The lowest BCUT2D eigenvalue weighted by atomic mass is 9.99. The maximum Gasteiger partial charge on any atom is 0.294 e. The summed E-state index contributed by atoms with van der Waals surface area (Å²) in [6.07, 6.45) is 4.40. The number of aromatic amines is 1. The molecule has 3 aromatic heterocycles. The fraction of sp³-hybridized carbons (Fsp3) is 0.435. The molecule has 1 amide bonds. The van der Waals surface area contributed by atoms with Crippen molar-refractivity contribution in [3.8, 4) is 0 Å². The van der Waals surface area contributed by atoms with E-state index < -0.39 is 0 Å². The second kappa shape index (κ2) is 7.51. The van der Waals surface area contributed by atoms with E-state index in [0.29, 0.717) is 37.4 Å². The third-order valence-corrected chi connectivity index (χ3v) is 6.80. The molecule has 6 rings (SSSR count). The van der Waals surface area contributed by atoms with Gasteiger partial charge in [-0.2, -0.15) is 5.10 Å². The Morgan fingerprint density at radius 3 is 2.85 bits per heavy atom. The Morgan fingerprint density at radius 2 is 2.03 bits per heavy atom. The van der Waals surface area contributed by atoms with Gasteiger partial charge in [0.25, 0.3) is 11.5 Å². The van der Waals surface area contributed by atoms with Gasteiger partial charge in [0.2, 0.25) is 5.65 Å². The molecule has 2 aliphatic rings. The standard InChI is InChI=1S/C23H25N7O3/c1-13-9-19-18(10-16(13)23(32)29-6-3-17-15(12-29)11-28(2)27-17)24-22(31)21-26-25-20(30(19)21)14-4-7-33-8-5-14/h9-11,14H,3-8,12H2,1-2H3,(H,24,31). The van der Waals surface area contributed by atoms with Gasteiger partial charge in [-0.1, -0.05) is 0 Å². The minimum Gasteiger partial charge on any atom is -0.381 e. The summed E-state index contributed by atoms with van der Waals surface area (Å²) in [5.74, 6) is 0.920. The lowest BCUT2D eigenvalue weighted by molar-refractivity contribution is 0.0733. The third kappa shape index (κ3) is 3.24. The van der Waals surface area contributed by atoms with E-state index in [2.05, 4.69) is 20.3 Å². The molecule has 5 heterocycles. The average Bonchev–Trinajstić information content (AvgIpc) is 3.42. The smallest absolute Gasteiger partial charge is 0.294 e. The predicted octanol–water partition coefficient (Wildman–Crippen LogP) is 1.71. The number of H-pyrrole nitrogens is 1. The van der Waals surface area contributed by atoms with Crippen molar-refractivity contribution in [1.29, 1.82) is 0 Å². The van der Waals surface area contributed by atoms with Gasteiger partial charge in [0.05, 0.1) is 16.7 Å². The highest BCUT2D eigenvalue weighted by molar-refractivity contribution is 5.99. The van der Waals surface area contributed by atoms with Crippen molar-refractivity contribution in [2.24, 2.45) is 7.05 Å². The van der Waals surface area contributed by atoms with Gasteiger partial charge < -0.3 is 14.6 Å². The molecule has 1 saturated heterocycles. The van der Waals surface area contributed by atoms with Crippen LogP contribution < -0.4 is 5.56 Å². The van der Waals surface area contributed by atoms with Crippen molar-refractivity contribution in [3.63, 3.8) is 0 Å². The first-order valence-corrected chi connectivity index (χ1v) is 11.3. The first-order valence-electron chi connectivity index (χ1n) is 11.3. The van der Waals surface area contributed by atoms with E-state index in [0.717, 1.165) is 47.4 Å². The number of carbonyl (C=O) groups excluding carboxylic acids is 1. The summed E-state index contributed by atoms with van der Waals surface area (Å²) >= 11 is 0. The molecular weight excluding hydrogens is 422 g/mol. The van der Waals surface area contributed by atoms with Crippen molar-refractivity contribution < 1.29 is 9.53 Å². The summed E-state index contributed by atoms with van der Waals surface area (Å²) < 4.78 is 9.14. The first kappa shape index (κ1) is 20.1. The van der Waals surface area contributed by atoms with Gasteiger partial charge in [0.15, 0.2) is 0 Å². The van der Waals surface area contributed by atoms with E-state index in [1.54, 1.807) is 10.7 Å². The van der Waals surface area contributed by atoms with Crippen LogP contribution in [0.1, 0.15) is 51.8 Å². The molecule has 170 valence electrons. The minimum atomic E-state index is -0.312. The number of amides is 1. The number of nitrogens with zero attached hydrogens (tertiary/aromatic N) is 6. The van der Waals surface area contributed by atoms with Crippen molar-refractivity contribution in [2.45, 2.75) is 38.6 Å². The molecular formula is C23H25N7O3. The zero-order valence-electron chi connectivity index (χ0n) is 18.7. The van der Waals surface area contributed by atoms with Gasteiger partial charge in [-0.3, -0.25) is 18.7 Å². The van der Waals surface area contributed by atoms with Crippen molar-refractivity contribution in [3.05, 3.63) is 56.9 Å². The Bertz CT molecular complexity index is 1460. The van der Waals surface area contributed by atoms with Crippen LogP contribution in [0, 0.1) is 6.92 Å². The van der Waals surface area contributed by atoms with Crippen LogP contribution in [0.3, 0.4) is 0 Å². The van der Waals surface area contributed by atoms with E-state index in [-0.39, 0.29) is 23.0 Å². The Balaban J connectivity index is 1.43. The predicted molar refractivity (Wildman–Crippen MR) is 120 cm³/mol. The Hall–Kier alpha value is -3.53. The fourth-order valence-electron chi connectivity index (χ4n) is 5.08. The lowest BCUT2D eigenvalue weighted by Crippen LogP contribution is -2.36. The molecule has 0 bridgehead atoms. The van der Waals surface area contributed by atoms with E-state index >= 15 is 0 Å². The molecule has 0 saturated carbocycles. The van der Waals surface area contributed by atoms with Crippen LogP contribution in [-0.4, -0.2) is 59.9 Å². The van der Waals surface area contributed by atoms with Crippen LogP contribution in [0.5, 0.6) is 0 Å². The van der Waals surface area contributed by atoms with Crippen molar-refractivity contribution >= 4 is 22.6 Å². The average molecular weight is 447 g/mol. The number of aromatic nitrogens is 6. The summed E-state index contributed by atoms with van der Waals surface area (Å²) in [5, 5.41) is 13.0. The number of carbonyl (C=O) groups is 1. The van der Waals surface area contributed by atoms with Gasteiger partial charge in [-0.25, -0.2) is 0 Å². The second-order valence-corrected chi connectivity index (χ2v) is 8.99. The number of rotatable bonds is 2. The molecule has 0 unspecified atom stereocenters. The van der Waals surface area contributed by atoms with E-state index in [4.69, 9.17) is 4.74 Å². The van der Waals surface area contributed by atoms with Gasteiger partial charge >= 0.3 is 0 Å².